The number of ether oxygens (including phenoxy) is 1. The summed E-state index contributed by atoms with van der Waals surface area (Å²) >= 11 is 0. The fourth-order valence-corrected chi connectivity index (χ4v) is 2.37. The van der Waals surface area contributed by atoms with Gasteiger partial charge in [-0.15, -0.1) is 0 Å². The van der Waals surface area contributed by atoms with E-state index >= 15 is 0 Å². The van der Waals surface area contributed by atoms with Gasteiger partial charge in [-0.25, -0.2) is 0 Å². The van der Waals surface area contributed by atoms with E-state index in [1.54, 1.807) is 7.11 Å². The first-order valence-electron chi connectivity index (χ1n) is 6.25. The van der Waals surface area contributed by atoms with Gasteiger partial charge in [-0.05, 0) is 29.3 Å². The number of hydrogen-bond acceptors (Lipinski definition) is 2. The van der Waals surface area contributed by atoms with Crippen LogP contribution in [0.5, 0.6) is 5.75 Å². The molecule has 0 aliphatic heterocycles. The molecule has 2 aromatic carbocycles. The van der Waals surface area contributed by atoms with E-state index in [-0.39, 0.29) is 5.78 Å². The van der Waals surface area contributed by atoms with E-state index < -0.39 is 0 Å². The third-order valence-electron chi connectivity index (χ3n) is 3.39. The first-order valence-corrected chi connectivity index (χ1v) is 6.25. The Bertz CT molecular complexity index is 651. The highest BCUT2D eigenvalue weighted by Crippen LogP contribution is 2.27. The lowest BCUT2D eigenvalue weighted by Crippen LogP contribution is -1.94. The average molecular weight is 250 g/mol. The number of methoxy groups -OCH3 is 1. The van der Waals surface area contributed by atoms with E-state index in [0.29, 0.717) is 0 Å². The third kappa shape index (κ3) is 2.17. The van der Waals surface area contributed by atoms with Crippen LogP contribution in [0.1, 0.15) is 21.5 Å². The Morgan fingerprint density at radius 3 is 2.47 bits per heavy atom. The van der Waals surface area contributed by atoms with Gasteiger partial charge >= 0.3 is 0 Å². The molecule has 2 heteroatoms. The Morgan fingerprint density at radius 2 is 1.79 bits per heavy atom. The van der Waals surface area contributed by atoms with Crippen LogP contribution in [0.25, 0.3) is 6.08 Å². The summed E-state index contributed by atoms with van der Waals surface area (Å²) in [7, 11) is 1.64. The maximum absolute atomic E-state index is 12.2. The topological polar surface area (TPSA) is 26.3 Å². The van der Waals surface area contributed by atoms with Crippen LogP contribution in [0, 0.1) is 0 Å². The molecule has 1 aliphatic rings. The average Bonchev–Trinajstić information content (AvgIpc) is 2.77. The predicted octanol–water partition coefficient (Wildman–Crippen LogP) is 3.52. The summed E-state index contributed by atoms with van der Waals surface area (Å²) in [5, 5.41) is 0. The van der Waals surface area contributed by atoms with Crippen LogP contribution in [0.15, 0.2) is 54.1 Å². The van der Waals surface area contributed by atoms with Crippen molar-refractivity contribution in [3.63, 3.8) is 0 Å². The number of ketones is 1. The van der Waals surface area contributed by atoms with Gasteiger partial charge in [0.25, 0.3) is 0 Å². The first-order chi connectivity index (χ1) is 9.28. The van der Waals surface area contributed by atoms with E-state index in [2.05, 4.69) is 0 Å². The van der Waals surface area contributed by atoms with Crippen molar-refractivity contribution in [3.05, 3.63) is 70.8 Å². The minimum atomic E-state index is 0.145. The number of allylic oxidation sites excluding steroid dienone is 1. The van der Waals surface area contributed by atoms with Crippen molar-refractivity contribution < 1.29 is 9.53 Å². The quantitative estimate of drug-likeness (QED) is 0.762. The van der Waals surface area contributed by atoms with Crippen molar-refractivity contribution >= 4 is 11.9 Å². The van der Waals surface area contributed by atoms with Gasteiger partial charge in [0.1, 0.15) is 5.75 Å². The molecule has 19 heavy (non-hydrogen) atoms. The fraction of sp³-hybridized carbons (Fsp3) is 0.118. The summed E-state index contributed by atoms with van der Waals surface area (Å²) in [6.07, 6.45) is 2.68. The molecular weight excluding hydrogens is 236 g/mol. The molecule has 94 valence electrons. The molecular formula is C17H14O2. The molecule has 0 saturated carbocycles. The molecule has 0 unspecified atom stereocenters. The van der Waals surface area contributed by atoms with E-state index in [4.69, 9.17) is 4.74 Å². The summed E-state index contributed by atoms with van der Waals surface area (Å²) in [5.74, 6) is 0.967. The second-order valence-corrected chi connectivity index (χ2v) is 4.61. The smallest absolute Gasteiger partial charge is 0.189 e. The lowest BCUT2D eigenvalue weighted by Gasteiger charge is -2.00. The summed E-state index contributed by atoms with van der Waals surface area (Å²) in [6, 6.07) is 15.5. The summed E-state index contributed by atoms with van der Waals surface area (Å²) < 4.78 is 5.12. The zero-order chi connectivity index (χ0) is 13.2. The molecule has 0 bridgehead atoms. The lowest BCUT2D eigenvalue weighted by molar-refractivity contribution is 0.104. The second-order valence-electron chi connectivity index (χ2n) is 4.61. The van der Waals surface area contributed by atoms with Crippen molar-refractivity contribution in [2.75, 3.05) is 7.11 Å². The number of hydrogen-bond donors (Lipinski definition) is 0. The van der Waals surface area contributed by atoms with Crippen LogP contribution in [0.3, 0.4) is 0 Å². The highest BCUT2D eigenvalue weighted by atomic mass is 16.5. The van der Waals surface area contributed by atoms with Crippen molar-refractivity contribution in [2.45, 2.75) is 6.42 Å². The number of carbonyl (C=O) groups is 1. The summed E-state index contributed by atoms with van der Waals surface area (Å²) in [5.41, 5.74) is 3.83. The van der Waals surface area contributed by atoms with Crippen molar-refractivity contribution in [2.24, 2.45) is 0 Å². The van der Waals surface area contributed by atoms with E-state index in [9.17, 15) is 4.79 Å². The molecule has 0 N–H and O–H groups in total. The van der Waals surface area contributed by atoms with E-state index in [0.717, 1.165) is 34.4 Å². The van der Waals surface area contributed by atoms with Gasteiger partial charge in [-0.2, -0.15) is 0 Å². The largest absolute Gasteiger partial charge is 0.497 e. The Morgan fingerprint density at radius 1 is 1.05 bits per heavy atom. The number of fused-ring (bicyclic) bond motifs is 1. The SMILES string of the molecule is COc1ccc(C=C2Cc3ccccc3C2=O)cc1. The Balaban J connectivity index is 1.92. The molecule has 0 fully saturated rings. The van der Waals surface area contributed by atoms with Crippen LogP contribution in [-0.2, 0) is 6.42 Å². The van der Waals surface area contributed by atoms with Gasteiger partial charge in [-0.3, -0.25) is 4.79 Å². The van der Waals surface area contributed by atoms with Crippen LogP contribution in [0.4, 0.5) is 0 Å². The molecule has 0 spiro atoms. The number of Topliss-reactive ketones (excluding diaryl/α,β-unsaturated/α-hetero) is 1. The van der Waals surface area contributed by atoms with Crippen LogP contribution in [-0.4, -0.2) is 12.9 Å². The molecule has 2 nitrogen and oxygen atoms in total. The maximum atomic E-state index is 12.2. The van der Waals surface area contributed by atoms with Gasteiger partial charge in [-0.1, -0.05) is 36.4 Å². The molecule has 0 aromatic heterocycles. The molecule has 3 rings (SSSR count). The van der Waals surface area contributed by atoms with E-state index in [1.807, 2.05) is 54.6 Å². The van der Waals surface area contributed by atoms with Gasteiger partial charge in [0.05, 0.1) is 7.11 Å². The van der Waals surface area contributed by atoms with Gasteiger partial charge in [0.15, 0.2) is 5.78 Å². The van der Waals surface area contributed by atoms with Gasteiger partial charge in [0, 0.05) is 17.6 Å². The monoisotopic (exact) mass is 250 g/mol. The number of benzene rings is 2. The first kappa shape index (κ1) is 11.7. The summed E-state index contributed by atoms with van der Waals surface area (Å²) in [6.45, 7) is 0. The Labute approximate surface area is 112 Å². The minimum absolute atomic E-state index is 0.145. The highest BCUT2D eigenvalue weighted by Gasteiger charge is 2.23. The third-order valence-corrected chi connectivity index (χ3v) is 3.39. The van der Waals surface area contributed by atoms with Crippen molar-refractivity contribution in [1.82, 2.24) is 0 Å². The Hall–Kier alpha value is -2.35. The zero-order valence-corrected chi connectivity index (χ0v) is 10.7. The molecule has 1 aliphatic carbocycles. The predicted molar refractivity (Wildman–Crippen MR) is 75.4 cm³/mol. The summed E-state index contributed by atoms with van der Waals surface area (Å²) in [4.78, 5) is 12.2. The molecule has 0 amide bonds. The fourth-order valence-electron chi connectivity index (χ4n) is 2.37. The highest BCUT2D eigenvalue weighted by molar-refractivity contribution is 6.15. The van der Waals surface area contributed by atoms with Gasteiger partial charge in [0.2, 0.25) is 0 Å². The molecule has 0 atom stereocenters. The Kier molecular flexibility index (Phi) is 2.92. The zero-order valence-electron chi connectivity index (χ0n) is 10.7. The van der Waals surface area contributed by atoms with Crippen molar-refractivity contribution in [3.8, 4) is 5.75 Å². The van der Waals surface area contributed by atoms with Crippen LogP contribution in [0.2, 0.25) is 0 Å². The standard InChI is InChI=1S/C17H14O2/c1-19-15-8-6-12(7-9-15)10-14-11-13-4-2-3-5-16(13)17(14)18/h2-10H,11H2,1H3. The maximum Gasteiger partial charge on any atom is 0.189 e. The van der Waals surface area contributed by atoms with Gasteiger partial charge < -0.3 is 4.74 Å². The van der Waals surface area contributed by atoms with Crippen LogP contribution >= 0.6 is 0 Å². The number of carbonyl (C=O) groups excluding carboxylic acids is 1. The molecule has 2 aromatic rings. The van der Waals surface area contributed by atoms with E-state index in [1.165, 1.54) is 0 Å². The van der Waals surface area contributed by atoms with Crippen molar-refractivity contribution in [1.29, 1.82) is 0 Å². The molecule has 0 radical (unpaired) electrons. The second kappa shape index (κ2) is 4.73. The number of rotatable bonds is 2. The normalized spacial score (nSPS) is 15.6. The molecule has 0 saturated heterocycles. The molecule has 0 heterocycles. The minimum Gasteiger partial charge on any atom is -0.497 e. The lowest BCUT2D eigenvalue weighted by atomic mass is 10.1. The van der Waals surface area contributed by atoms with Crippen LogP contribution < -0.4 is 4.74 Å².